The van der Waals surface area contributed by atoms with Crippen LogP contribution in [0.1, 0.15) is 43.4 Å². The van der Waals surface area contributed by atoms with E-state index in [1.54, 1.807) is 12.3 Å². The van der Waals surface area contributed by atoms with Gasteiger partial charge < -0.3 is 4.74 Å². The number of hydrogen-bond acceptors (Lipinski definition) is 7. The molecule has 32 heavy (non-hydrogen) atoms. The maximum Gasteiger partial charge on any atom is 0.329 e. The van der Waals surface area contributed by atoms with E-state index < -0.39 is 12.0 Å². The molecule has 1 saturated carbocycles. The molecule has 0 N–H and O–H groups in total. The fourth-order valence-electron chi connectivity index (χ4n) is 4.65. The van der Waals surface area contributed by atoms with Crippen LogP contribution in [0.25, 0.3) is 5.65 Å². The Labute approximate surface area is 190 Å². The highest BCUT2D eigenvalue weighted by Gasteiger charge is 2.52. The smallest absolute Gasteiger partial charge is 0.329 e. The Morgan fingerprint density at radius 1 is 1.19 bits per heavy atom. The van der Waals surface area contributed by atoms with Gasteiger partial charge in [0.2, 0.25) is 11.8 Å². The van der Waals surface area contributed by atoms with Gasteiger partial charge in [-0.05, 0) is 49.8 Å². The third-order valence-electron chi connectivity index (χ3n) is 6.28. The minimum Gasteiger partial charge on any atom is -0.458 e. The Kier molecular flexibility index (Phi) is 6.64. The van der Waals surface area contributed by atoms with Crippen molar-refractivity contribution in [3.05, 3.63) is 46.0 Å². The van der Waals surface area contributed by atoms with Gasteiger partial charge in [-0.15, -0.1) is 0 Å². The van der Waals surface area contributed by atoms with Crippen LogP contribution >= 0.6 is 11.8 Å². The number of aromatic nitrogens is 2. The number of carbonyl (C=O) groups excluding carboxylic acids is 3. The Hall–Kier alpha value is -2.68. The molecule has 0 radical (unpaired) electrons. The van der Waals surface area contributed by atoms with Crippen molar-refractivity contribution >= 4 is 35.2 Å². The van der Waals surface area contributed by atoms with Crippen LogP contribution in [0.15, 0.2) is 29.2 Å². The molecule has 0 spiro atoms. The van der Waals surface area contributed by atoms with Crippen molar-refractivity contribution in [2.45, 2.75) is 51.7 Å². The van der Waals surface area contributed by atoms with E-state index in [1.165, 1.54) is 22.2 Å². The molecule has 0 bridgehead atoms. The summed E-state index contributed by atoms with van der Waals surface area (Å²) < 4.78 is 6.91. The lowest BCUT2D eigenvalue weighted by molar-refractivity contribution is -0.160. The predicted octanol–water partition coefficient (Wildman–Crippen LogP) is 2.34. The van der Waals surface area contributed by atoms with Gasteiger partial charge in [0.1, 0.15) is 18.3 Å². The van der Waals surface area contributed by atoms with E-state index >= 15 is 0 Å². The monoisotopic (exact) mass is 457 g/mol. The van der Waals surface area contributed by atoms with Crippen molar-refractivity contribution in [2.75, 3.05) is 12.0 Å². The summed E-state index contributed by atoms with van der Waals surface area (Å²) in [6.45, 7) is 1.69. The number of ether oxygens (including phenoxy) is 1. The summed E-state index contributed by atoms with van der Waals surface area (Å²) in [5.74, 6) is -1.15. The van der Waals surface area contributed by atoms with E-state index in [0.29, 0.717) is 36.4 Å². The molecule has 2 fully saturated rings. The van der Waals surface area contributed by atoms with Gasteiger partial charge in [0.15, 0.2) is 0 Å². The van der Waals surface area contributed by atoms with Crippen molar-refractivity contribution in [3.8, 4) is 0 Å². The number of imide groups is 1. The molecule has 0 aromatic carbocycles. The predicted molar refractivity (Wildman–Crippen MR) is 120 cm³/mol. The molecule has 3 heterocycles. The first-order valence-corrected chi connectivity index (χ1v) is 12.3. The molecular formula is C23H27N3O5S. The summed E-state index contributed by atoms with van der Waals surface area (Å²) in [5.41, 5.74) is 1.45. The Morgan fingerprint density at radius 2 is 1.88 bits per heavy atom. The molecule has 9 heteroatoms. The van der Waals surface area contributed by atoms with Gasteiger partial charge in [0.05, 0.1) is 17.5 Å². The lowest BCUT2D eigenvalue weighted by Crippen LogP contribution is -2.46. The molecule has 2 amide bonds. The molecular weight excluding hydrogens is 430 g/mol. The molecule has 2 aromatic heterocycles. The zero-order valence-electron chi connectivity index (χ0n) is 18.3. The molecule has 1 aliphatic carbocycles. The highest BCUT2D eigenvalue weighted by atomic mass is 32.2. The quantitative estimate of drug-likeness (QED) is 0.465. The largest absolute Gasteiger partial charge is 0.458 e. The van der Waals surface area contributed by atoms with Crippen LogP contribution < -0.4 is 5.56 Å². The molecule has 8 nitrogen and oxygen atoms in total. The lowest BCUT2D eigenvalue weighted by Gasteiger charge is -2.25. The standard InChI is InChI=1S/C23H27N3O5S/c1-14-7-8-19-24-15(11-20(27)25(19)12-14)13-31-23(30)18(9-10-32-2)26-21(28)16-5-3-4-6-17(16)22(26)29/h7-8,11-12,16-18H,3-6,9-10,13H2,1-2H3. The maximum absolute atomic E-state index is 13.0. The van der Waals surface area contributed by atoms with Gasteiger partial charge in [-0.1, -0.05) is 18.9 Å². The molecule has 3 atom stereocenters. The van der Waals surface area contributed by atoms with Crippen LogP contribution in [0.2, 0.25) is 0 Å². The van der Waals surface area contributed by atoms with Crippen molar-refractivity contribution in [1.82, 2.24) is 14.3 Å². The van der Waals surface area contributed by atoms with E-state index in [-0.39, 0.29) is 35.8 Å². The zero-order valence-corrected chi connectivity index (χ0v) is 19.1. The molecule has 2 aliphatic rings. The van der Waals surface area contributed by atoms with Crippen molar-refractivity contribution < 1.29 is 19.1 Å². The first-order chi connectivity index (χ1) is 15.4. The van der Waals surface area contributed by atoms with E-state index in [2.05, 4.69) is 4.98 Å². The summed E-state index contributed by atoms with van der Waals surface area (Å²) >= 11 is 1.54. The SMILES string of the molecule is CSCCC(C(=O)OCc1cc(=O)n2cc(C)ccc2n1)N1C(=O)C2CCCCC2C1=O. The third kappa shape index (κ3) is 4.30. The third-order valence-corrected chi connectivity index (χ3v) is 6.92. The van der Waals surface area contributed by atoms with Crippen LogP contribution in [-0.2, 0) is 25.7 Å². The summed E-state index contributed by atoms with van der Waals surface area (Å²) in [6, 6.07) is 3.96. The molecule has 3 unspecified atom stereocenters. The molecule has 1 saturated heterocycles. The Morgan fingerprint density at radius 3 is 2.53 bits per heavy atom. The van der Waals surface area contributed by atoms with Gasteiger partial charge in [-0.25, -0.2) is 9.78 Å². The van der Waals surface area contributed by atoms with Crippen LogP contribution in [0, 0.1) is 18.8 Å². The topological polar surface area (TPSA) is 98.1 Å². The molecule has 2 aromatic rings. The van der Waals surface area contributed by atoms with Crippen LogP contribution in [-0.4, -0.2) is 50.1 Å². The lowest BCUT2D eigenvalue weighted by atomic mass is 9.81. The fraction of sp³-hybridized carbons (Fsp3) is 0.522. The number of aryl methyl sites for hydroxylation is 1. The fourth-order valence-corrected chi connectivity index (χ4v) is 5.11. The van der Waals surface area contributed by atoms with Crippen molar-refractivity contribution in [1.29, 1.82) is 0 Å². The second-order valence-electron chi connectivity index (χ2n) is 8.47. The summed E-state index contributed by atoms with van der Waals surface area (Å²) in [7, 11) is 0. The summed E-state index contributed by atoms with van der Waals surface area (Å²) in [5, 5.41) is 0. The number of carbonyl (C=O) groups is 3. The highest BCUT2D eigenvalue weighted by Crippen LogP contribution is 2.39. The van der Waals surface area contributed by atoms with Gasteiger partial charge in [-0.3, -0.25) is 23.7 Å². The molecule has 1 aliphatic heterocycles. The Balaban J connectivity index is 1.52. The summed E-state index contributed by atoms with van der Waals surface area (Å²) in [4.78, 5) is 56.9. The molecule has 4 rings (SSSR count). The number of nitrogens with zero attached hydrogens (tertiary/aromatic N) is 3. The van der Waals surface area contributed by atoms with Crippen LogP contribution in [0.4, 0.5) is 0 Å². The number of rotatable bonds is 7. The normalized spacial score (nSPS) is 21.6. The number of hydrogen-bond donors (Lipinski definition) is 0. The van der Waals surface area contributed by atoms with Gasteiger partial charge in [0.25, 0.3) is 5.56 Å². The number of pyridine rings is 1. The number of likely N-dealkylation sites (tertiary alicyclic amines) is 1. The first kappa shape index (κ1) is 22.5. The maximum atomic E-state index is 13.0. The second-order valence-corrected chi connectivity index (χ2v) is 9.45. The van der Waals surface area contributed by atoms with E-state index in [9.17, 15) is 19.2 Å². The number of fused-ring (bicyclic) bond motifs is 2. The van der Waals surface area contributed by atoms with E-state index in [0.717, 1.165) is 23.3 Å². The van der Waals surface area contributed by atoms with E-state index in [1.807, 2.05) is 19.2 Å². The number of thioether (sulfide) groups is 1. The van der Waals surface area contributed by atoms with E-state index in [4.69, 9.17) is 4.74 Å². The minimum atomic E-state index is -0.947. The first-order valence-electron chi connectivity index (χ1n) is 10.9. The van der Waals surface area contributed by atoms with Gasteiger partial charge in [0, 0.05) is 12.3 Å². The van der Waals surface area contributed by atoms with Crippen molar-refractivity contribution in [3.63, 3.8) is 0 Å². The number of esters is 1. The average molecular weight is 458 g/mol. The van der Waals surface area contributed by atoms with Gasteiger partial charge >= 0.3 is 5.97 Å². The highest BCUT2D eigenvalue weighted by molar-refractivity contribution is 7.98. The average Bonchev–Trinajstić information content (AvgIpc) is 3.04. The number of amides is 2. The minimum absolute atomic E-state index is 0.197. The van der Waals surface area contributed by atoms with Crippen molar-refractivity contribution in [2.24, 2.45) is 11.8 Å². The van der Waals surface area contributed by atoms with Crippen LogP contribution in [0.3, 0.4) is 0 Å². The van der Waals surface area contributed by atoms with Crippen LogP contribution in [0.5, 0.6) is 0 Å². The Bertz CT molecular complexity index is 1090. The van der Waals surface area contributed by atoms with Gasteiger partial charge in [-0.2, -0.15) is 11.8 Å². The zero-order chi connectivity index (χ0) is 22.8. The molecule has 170 valence electrons. The second kappa shape index (κ2) is 9.44. The summed E-state index contributed by atoms with van der Waals surface area (Å²) in [6.07, 6.45) is 7.19.